The summed E-state index contributed by atoms with van der Waals surface area (Å²) in [6.45, 7) is 8.67. The molecule has 2 heterocycles. The van der Waals surface area contributed by atoms with Crippen LogP contribution in [0.4, 0.5) is 0 Å². The lowest BCUT2D eigenvalue weighted by Crippen LogP contribution is -2.39. The summed E-state index contributed by atoms with van der Waals surface area (Å²) in [5.41, 5.74) is 0.813. The van der Waals surface area contributed by atoms with E-state index in [2.05, 4.69) is 36.9 Å². The summed E-state index contributed by atoms with van der Waals surface area (Å²) >= 11 is 13.5. The van der Waals surface area contributed by atoms with E-state index < -0.39 is 0 Å². The van der Waals surface area contributed by atoms with Gasteiger partial charge in [0.25, 0.3) is 0 Å². The first-order valence-electron chi connectivity index (χ1n) is 9.64. The summed E-state index contributed by atoms with van der Waals surface area (Å²) < 4.78 is 7.70. The van der Waals surface area contributed by atoms with Crippen molar-refractivity contribution in [2.45, 2.75) is 58.0 Å². The monoisotopic (exact) mass is 437 g/mol. The van der Waals surface area contributed by atoms with Crippen LogP contribution in [0.15, 0.2) is 29.4 Å². The van der Waals surface area contributed by atoms with Crippen LogP contribution in [0, 0.1) is 0 Å². The van der Waals surface area contributed by atoms with Gasteiger partial charge in [-0.25, -0.2) is 4.99 Å². The molecule has 0 aliphatic carbocycles. The largest absolute Gasteiger partial charge is 0.496 e. The summed E-state index contributed by atoms with van der Waals surface area (Å²) in [6, 6.07) is 5.92. The number of rotatable bonds is 4. The molecule has 1 saturated heterocycles. The predicted octanol–water partition coefficient (Wildman–Crippen LogP) is 4.93. The number of hydrogen-bond donors (Lipinski definition) is 1. The second-order valence-electron chi connectivity index (χ2n) is 8.19. The molecule has 1 aliphatic rings. The fraction of sp³-hybridized carbons (Fsp3) is 0.524. The molecular weight excluding hydrogens is 410 g/mol. The molecule has 1 N–H and O–H groups in total. The van der Waals surface area contributed by atoms with Crippen LogP contribution in [0.3, 0.4) is 0 Å². The van der Waals surface area contributed by atoms with Crippen LogP contribution in [0.2, 0.25) is 5.02 Å². The molecule has 0 spiro atoms. The number of nitrogens with zero attached hydrogens (tertiary/aromatic N) is 2. The zero-order chi connectivity index (χ0) is 20.3. The van der Waals surface area contributed by atoms with Crippen molar-refractivity contribution >= 4 is 40.1 Å². The van der Waals surface area contributed by atoms with Gasteiger partial charge in [-0.15, -0.1) is 11.3 Å². The number of thiocarbonyl (C=S) groups is 1. The minimum atomic E-state index is 0.0650. The summed E-state index contributed by atoms with van der Waals surface area (Å²) in [4.78, 5) is 7.53. The third-order valence-corrected chi connectivity index (χ3v) is 6.87. The molecular formula is C21H28ClN3OS2. The molecule has 28 heavy (non-hydrogen) atoms. The van der Waals surface area contributed by atoms with E-state index in [1.54, 1.807) is 24.5 Å². The zero-order valence-electron chi connectivity index (χ0n) is 16.9. The fourth-order valence-electron chi connectivity index (χ4n) is 3.26. The Labute approximate surface area is 181 Å². The molecule has 152 valence electrons. The average molecular weight is 438 g/mol. The van der Waals surface area contributed by atoms with Gasteiger partial charge < -0.3 is 14.6 Å². The number of thiazole rings is 1. The third-order valence-electron chi connectivity index (χ3n) is 4.88. The number of aromatic nitrogens is 1. The van der Waals surface area contributed by atoms with Gasteiger partial charge in [-0.1, -0.05) is 51.0 Å². The molecule has 2 aromatic rings. The van der Waals surface area contributed by atoms with Gasteiger partial charge in [-0.05, 0) is 43.0 Å². The van der Waals surface area contributed by atoms with Crippen molar-refractivity contribution in [3.05, 3.63) is 44.7 Å². The quantitative estimate of drug-likeness (QED) is 0.689. The number of halogens is 1. The number of benzene rings is 1. The molecule has 1 unspecified atom stereocenters. The van der Waals surface area contributed by atoms with Gasteiger partial charge in [-0.3, -0.25) is 0 Å². The van der Waals surface area contributed by atoms with Crippen molar-refractivity contribution < 1.29 is 4.74 Å². The lowest BCUT2D eigenvalue weighted by Gasteiger charge is -2.23. The van der Waals surface area contributed by atoms with Gasteiger partial charge in [0.15, 0.2) is 4.80 Å². The number of methoxy groups -OCH3 is 1. The van der Waals surface area contributed by atoms with Crippen LogP contribution < -0.4 is 14.9 Å². The third kappa shape index (κ3) is 5.23. The molecule has 1 fully saturated rings. The van der Waals surface area contributed by atoms with E-state index in [4.69, 9.17) is 33.5 Å². The Morgan fingerprint density at radius 1 is 1.39 bits per heavy atom. The van der Waals surface area contributed by atoms with Crippen LogP contribution in [0.1, 0.15) is 50.5 Å². The van der Waals surface area contributed by atoms with Crippen molar-refractivity contribution in [1.82, 2.24) is 9.88 Å². The summed E-state index contributed by atoms with van der Waals surface area (Å²) in [5, 5.41) is 4.24. The SMILES string of the molecule is COc1ccc(Cl)cc1C(=S)N=c1sc(C(C)(C)C)cn1CC1CCCCN1. The van der Waals surface area contributed by atoms with Gasteiger partial charge in [0.2, 0.25) is 0 Å². The lowest BCUT2D eigenvalue weighted by atomic mass is 9.95. The highest BCUT2D eigenvalue weighted by Crippen LogP contribution is 2.26. The molecule has 1 aromatic carbocycles. The van der Waals surface area contributed by atoms with Crippen molar-refractivity contribution in [3.8, 4) is 5.75 Å². The topological polar surface area (TPSA) is 38.5 Å². The maximum atomic E-state index is 6.18. The van der Waals surface area contributed by atoms with Gasteiger partial charge >= 0.3 is 0 Å². The first-order chi connectivity index (χ1) is 13.3. The van der Waals surface area contributed by atoms with Crippen LogP contribution >= 0.6 is 35.2 Å². The maximum Gasteiger partial charge on any atom is 0.191 e. The summed E-state index contributed by atoms with van der Waals surface area (Å²) in [6.07, 6.45) is 5.96. The molecule has 0 amide bonds. The molecule has 1 aromatic heterocycles. The van der Waals surface area contributed by atoms with Crippen molar-refractivity contribution in [2.75, 3.05) is 13.7 Å². The molecule has 1 aliphatic heterocycles. The Morgan fingerprint density at radius 2 is 2.18 bits per heavy atom. The summed E-state index contributed by atoms with van der Waals surface area (Å²) in [7, 11) is 1.63. The maximum absolute atomic E-state index is 6.18. The van der Waals surface area contributed by atoms with E-state index in [9.17, 15) is 0 Å². The predicted molar refractivity (Wildman–Crippen MR) is 122 cm³/mol. The standard InChI is InChI=1S/C21H28ClN3OS2/c1-21(2,3)18-13-25(12-15-7-5-6-10-23-15)20(28-18)24-19(27)16-11-14(22)8-9-17(16)26-4/h8-9,11,13,15,23H,5-7,10,12H2,1-4H3. The Balaban J connectivity index is 2.00. The lowest BCUT2D eigenvalue weighted by molar-refractivity contribution is 0.360. The number of hydrogen-bond acceptors (Lipinski definition) is 4. The first-order valence-corrected chi connectivity index (χ1v) is 11.2. The van der Waals surface area contributed by atoms with Crippen LogP contribution in [0.5, 0.6) is 5.75 Å². The van der Waals surface area contributed by atoms with E-state index >= 15 is 0 Å². The summed E-state index contributed by atoms with van der Waals surface area (Å²) in [5.74, 6) is 0.686. The van der Waals surface area contributed by atoms with Crippen LogP contribution in [0.25, 0.3) is 0 Å². The highest BCUT2D eigenvalue weighted by molar-refractivity contribution is 7.80. The number of nitrogens with one attached hydrogen (secondary N) is 1. The van der Waals surface area contributed by atoms with Gasteiger partial charge in [0.05, 0.1) is 12.7 Å². The minimum absolute atomic E-state index is 0.0650. The van der Waals surface area contributed by atoms with E-state index in [0.29, 0.717) is 21.8 Å². The minimum Gasteiger partial charge on any atom is -0.496 e. The van der Waals surface area contributed by atoms with Crippen molar-refractivity contribution in [2.24, 2.45) is 4.99 Å². The van der Waals surface area contributed by atoms with Crippen LogP contribution in [-0.4, -0.2) is 29.3 Å². The smallest absolute Gasteiger partial charge is 0.191 e. The Morgan fingerprint density at radius 3 is 2.82 bits per heavy atom. The van der Waals surface area contributed by atoms with Gasteiger partial charge in [-0.2, -0.15) is 0 Å². The van der Waals surface area contributed by atoms with E-state index in [-0.39, 0.29) is 5.41 Å². The molecule has 1 atom stereocenters. The molecule has 0 radical (unpaired) electrons. The number of piperidine rings is 1. The van der Waals surface area contributed by atoms with Gasteiger partial charge in [0, 0.05) is 28.7 Å². The van der Waals surface area contributed by atoms with Crippen LogP contribution in [-0.2, 0) is 12.0 Å². The molecule has 0 saturated carbocycles. The fourth-order valence-corrected chi connectivity index (χ4v) is 4.80. The Hall–Kier alpha value is -1.21. The molecule has 7 heteroatoms. The Bertz CT molecular complexity index is 905. The van der Waals surface area contributed by atoms with E-state index in [1.165, 1.54) is 24.1 Å². The van der Waals surface area contributed by atoms with Gasteiger partial charge in [0.1, 0.15) is 10.7 Å². The molecule has 4 nitrogen and oxygen atoms in total. The molecule has 3 rings (SSSR count). The Kier molecular flexibility index (Phi) is 6.97. The number of ether oxygens (including phenoxy) is 1. The molecule has 0 bridgehead atoms. The first kappa shape index (κ1) is 21.5. The highest BCUT2D eigenvalue weighted by Gasteiger charge is 2.20. The highest BCUT2D eigenvalue weighted by atomic mass is 35.5. The second kappa shape index (κ2) is 9.08. The van der Waals surface area contributed by atoms with Crippen molar-refractivity contribution in [3.63, 3.8) is 0 Å². The second-order valence-corrected chi connectivity index (χ2v) is 10.0. The van der Waals surface area contributed by atoms with E-state index in [0.717, 1.165) is 23.5 Å². The zero-order valence-corrected chi connectivity index (χ0v) is 19.3. The normalized spacial score (nSPS) is 18.3. The van der Waals surface area contributed by atoms with E-state index in [1.807, 2.05) is 12.1 Å². The van der Waals surface area contributed by atoms with Crippen molar-refractivity contribution in [1.29, 1.82) is 0 Å². The average Bonchev–Trinajstić information content (AvgIpc) is 3.05.